The topological polar surface area (TPSA) is 34.1 Å². The third-order valence-corrected chi connectivity index (χ3v) is 7.82. The maximum atomic E-state index is 13.1. The highest BCUT2D eigenvalue weighted by molar-refractivity contribution is 8.67. The van der Waals surface area contributed by atoms with E-state index in [2.05, 4.69) is 0 Å². The van der Waals surface area contributed by atoms with Gasteiger partial charge in [-0.2, -0.15) is 0 Å². The summed E-state index contributed by atoms with van der Waals surface area (Å²) in [5.41, 5.74) is 5.74. The van der Waals surface area contributed by atoms with Crippen LogP contribution in [0.1, 0.15) is 54.1 Å². The van der Waals surface area contributed by atoms with Crippen molar-refractivity contribution in [3.63, 3.8) is 0 Å². The Bertz CT molecular complexity index is 825. The lowest BCUT2D eigenvalue weighted by Crippen LogP contribution is -2.13. The van der Waals surface area contributed by atoms with Crippen LogP contribution in [0.2, 0.25) is 0 Å². The smallest absolute Gasteiger partial charge is 0.179 e. The largest absolute Gasteiger partial charge is 0.731 e. The number of carbonyl (C=O) groups is 2. The lowest BCUT2D eigenvalue weighted by Gasteiger charge is -2.28. The number of benzene rings is 2. The van der Waals surface area contributed by atoms with Gasteiger partial charge in [0.1, 0.15) is 0 Å². The summed E-state index contributed by atoms with van der Waals surface area (Å²) in [4.78, 5) is 26.3. The summed E-state index contributed by atoms with van der Waals surface area (Å²) in [5, 5.41) is -3.32. The monoisotopic (exact) mass is 389 g/mol. The summed E-state index contributed by atoms with van der Waals surface area (Å²) >= 11 is 11.0. The minimum absolute atomic E-state index is 0.364. The molecule has 0 heterocycles. The third kappa shape index (κ3) is 3.81. The van der Waals surface area contributed by atoms with Gasteiger partial charge < -0.3 is 12.2 Å². The molecule has 0 saturated heterocycles. The van der Waals surface area contributed by atoms with E-state index in [-0.39, 0.29) is 11.0 Å². The van der Waals surface area contributed by atoms with Crippen molar-refractivity contribution in [1.82, 2.24) is 0 Å². The highest BCUT2D eigenvalue weighted by Crippen LogP contribution is 2.51. The summed E-state index contributed by atoms with van der Waals surface area (Å²) in [6, 6.07) is 7.71. The van der Waals surface area contributed by atoms with Gasteiger partial charge in [0.15, 0.2) is 11.0 Å². The molecule has 2 aromatic carbocycles. The minimum Gasteiger partial charge on any atom is -0.731 e. The predicted octanol–water partition coefficient (Wildman–Crippen LogP) is 5.46. The molecule has 0 amide bonds. The molecule has 0 aliphatic rings. The van der Waals surface area contributed by atoms with Crippen LogP contribution in [0.15, 0.2) is 24.3 Å². The van der Waals surface area contributed by atoms with E-state index in [9.17, 15) is 9.59 Å². The fraction of sp³-hybridized carbons (Fsp3) is 0.300. The summed E-state index contributed by atoms with van der Waals surface area (Å²) in [6.45, 7) is 11.4. The molecule has 0 spiro atoms. The van der Waals surface area contributed by atoms with E-state index >= 15 is 0 Å². The van der Waals surface area contributed by atoms with E-state index in [1.807, 2.05) is 65.8 Å². The van der Waals surface area contributed by atoms with Crippen LogP contribution in [0.5, 0.6) is 0 Å². The van der Waals surface area contributed by atoms with Gasteiger partial charge in [-0.3, -0.25) is 9.59 Å². The minimum atomic E-state index is -3.32. The molecular weight excluding hydrogens is 367 g/mol. The van der Waals surface area contributed by atoms with Crippen LogP contribution in [0.25, 0.3) is 0 Å². The highest BCUT2D eigenvalue weighted by Gasteiger charge is 2.28. The number of rotatable bonds is 4. The summed E-state index contributed by atoms with van der Waals surface area (Å²) in [5.74, 6) is 0. The first kappa shape index (κ1) is 20.1. The second-order valence-electron chi connectivity index (χ2n) is 6.71. The van der Waals surface area contributed by atoms with Gasteiger partial charge in [-0.1, -0.05) is 35.4 Å². The molecule has 0 aromatic heterocycles. The second kappa shape index (κ2) is 7.19. The Morgan fingerprint density at radius 2 is 0.960 bits per heavy atom. The summed E-state index contributed by atoms with van der Waals surface area (Å²) in [7, 11) is 0. The van der Waals surface area contributed by atoms with Crippen LogP contribution in [-0.2, 0) is 24.1 Å². The number of hydrogen-bond acceptors (Lipinski definition) is 4. The van der Waals surface area contributed by atoms with Crippen molar-refractivity contribution in [2.24, 2.45) is 0 Å². The SMILES string of the molecule is Cc1cc(C)c(C(=O)P(=S)([S-])C(=O)c2c(C)cc(C)cc2C)c(C)c1. The quantitative estimate of drug-likeness (QED) is 0.514. The Labute approximate surface area is 160 Å². The number of carbonyl (C=O) groups excluding carboxylic acids is 2. The lowest BCUT2D eigenvalue weighted by atomic mass is 10.0. The average Bonchev–Trinajstić information content (AvgIpc) is 2.44. The molecule has 0 unspecified atom stereocenters. The van der Waals surface area contributed by atoms with Gasteiger partial charge in [0.05, 0.1) is 0 Å². The lowest BCUT2D eigenvalue weighted by molar-refractivity contribution is 0.105. The standard InChI is InChI=1S/C20H23O2PS2/c1-11-7-13(3)17(14(4)8-11)19(21)23(24,25)20(22)18-15(5)9-12(2)10-16(18)6/h7-10H,1-6H3,(H,24,25)/p-1. The van der Waals surface area contributed by atoms with E-state index in [4.69, 9.17) is 24.1 Å². The van der Waals surface area contributed by atoms with Gasteiger partial charge in [-0.15, -0.1) is 11.8 Å². The maximum absolute atomic E-state index is 13.1. The fourth-order valence-corrected chi connectivity index (χ4v) is 6.00. The fourth-order valence-electron chi connectivity index (χ4n) is 3.42. The molecule has 2 aromatic rings. The van der Waals surface area contributed by atoms with Crippen molar-refractivity contribution in [2.45, 2.75) is 41.5 Å². The molecule has 2 rings (SSSR count). The first-order chi connectivity index (χ1) is 11.5. The molecule has 25 heavy (non-hydrogen) atoms. The molecule has 132 valence electrons. The molecule has 0 fully saturated rings. The van der Waals surface area contributed by atoms with Gasteiger partial charge in [0.25, 0.3) is 0 Å². The van der Waals surface area contributed by atoms with Crippen molar-refractivity contribution in [3.8, 4) is 0 Å². The van der Waals surface area contributed by atoms with Gasteiger partial charge in [0, 0.05) is 11.1 Å². The zero-order chi connectivity index (χ0) is 19.1. The number of aryl methyl sites for hydroxylation is 6. The van der Waals surface area contributed by atoms with E-state index in [1.54, 1.807) is 0 Å². The third-order valence-electron chi connectivity index (χ3n) is 4.32. The molecule has 0 radical (unpaired) electrons. The molecule has 5 heteroatoms. The van der Waals surface area contributed by atoms with Crippen molar-refractivity contribution in [2.75, 3.05) is 0 Å². The molecule has 0 N–H and O–H groups in total. The van der Waals surface area contributed by atoms with Crippen LogP contribution in [0.3, 0.4) is 0 Å². The van der Waals surface area contributed by atoms with E-state index in [1.165, 1.54) is 0 Å². The normalized spacial score (nSPS) is 11.5. The Balaban J connectivity index is 2.58. The van der Waals surface area contributed by atoms with Crippen LogP contribution >= 0.6 is 5.24 Å². The molecular formula is C20H22O2PS2-. The van der Waals surface area contributed by atoms with Gasteiger partial charge in [-0.05, 0) is 69.0 Å². The second-order valence-corrected chi connectivity index (χ2v) is 12.6. The van der Waals surface area contributed by atoms with Crippen LogP contribution in [-0.4, -0.2) is 11.0 Å². The van der Waals surface area contributed by atoms with Gasteiger partial charge in [-0.25, -0.2) is 0 Å². The van der Waals surface area contributed by atoms with Crippen molar-refractivity contribution in [3.05, 3.63) is 68.8 Å². The Morgan fingerprint density at radius 3 is 1.20 bits per heavy atom. The van der Waals surface area contributed by atoms with Crippen molar-refractivity contribution < 1.29 is 9.59 Å². The molecule has 2 nitrogen and oxygen atoms in total. The first-order valence-corrected chi connectivity index (χ1v) is 11.8. The van der Waals surface area contributed by atoms with Crippen LogP contribution < -0.4 is 0 Å². The predicted molar refractivity (Wildman–Crippen MR) is 112 cm³/mol. The summed E-state index contributed by atoms with van der Waals surface area (Å²) in [6.07, 6.45) is 0. The van der Waals surface area contributed by atoms with Crippen LogP contribution in [0.4, 0.5) is 0 Å². The van der Waals surface area contributed by atoms with Crippen molar-refractivity contribution >= 4 is 40.3 Å². The van der Waals surface area contributed by atoms with Gasteiger partial charge >= 0.3 is 0 Å². The zero-order valence-electron chi connectivity index (χ0n) is 15.4. The average molecular weight is 390 g/mol. The van der Waals surface area contributed by atoms with Crippen molar-refractivity contribution in [1.29, 1.82) is 0 Å². The first-order valence-electron chi connectivity index (χ1n) is 8.03. The highest BCUT2D eigenvalue weighted by atomic mass is 32.9. The Kier molecular flexibility index (Phi) is 5.78. The molecule has 0 saturated carbocycles. The Morgan fingerprint density at radius 1 is 0.720 bits per heavy atom. The summed E-state index contributed by atoms with van der Waals surface area (Å²) < 4.78 is 0. The zero-order valence-corrected chi connectivity index (χ0v) is 17.9. The number of hydrogen-bond donors (Lipinski definition) is 0. The Hall–Kier alpha value is -1.22. The molecule has 0 atom stereocenters. The van der Waals surface area contributed by atoms with Crippen LogP contribution in [0, 0.1) is 41.5 Å². The molecule has 0 aliphatic heterocycles. The van der Waals surface area contributed by atoms with Gasteiger partial charge in [0.2, 0.25) is 0 Å². The maximum Gasteiger partial charge on any atom is 0.179 e. The van der Waals surface area contributed by atoms with E-state index in [0.29, 0.717) is 11.1 Å². The molecule has 0 aliphatic carbocycles. The molecule has 0 bridgehead atoms. The van der Waals surface area contributed by atoms with E-state index < -0.39 is 5.24 Å². The van der Waals surface area contributed by atoms with E-state index in [0.717, 1.165) is 33.4 Å².